The summed E-state index contributed by atoms with van der Waals surface area (Å²) in [7, 11) is 0. The highest BCUT2D eigenvalue weighted by Crippen LogP contribution is 2.43. The maximum atomic E-state index is 6.12. The van der Waals surface area contributed by atoms with Crippen molar-refractivity contribution in [2.24, 2.45) is 17.6 Å². The molecule has 2 heteroatoms. The predicted molar refractivity (Wildman–Crippen MR) is 58.0 cm³/mol. The van der Waals surface area contributed by atoms with Crippen LogP contribution >= 0.6 is 0 Å². The van der Waals surface area contributed by atoms with Crippen molar-refractivity contribution in [3.05, 3.63) is 0 Å². The van der Waals surface area contributed by atoms with E-state index in [0.29, 0.717) is 6.04 Å². The van der Waals surface area contributed by atoms with Crippen LogP contribution in [0.4, 0.5) is 0 Å². The van der Waals surface area contributed by atoms with Gasteiger partial charge >= 0.3 is 0 Å². The molecule has 2 saturated heterocycles. The fourth-order valence-corrected chi connectivity index (χ4v) is 3.82. The van der Waals surface area contributed by atoms with E-state index in [1.165, 1.54) is 38.6 Å². The number of hydrogen-bond acceptors (Lipinski definition) is 2. The summed E-state index contributed by atoms with van der Waals surface area (Å²) in [6.45, 7) is 3.72. The van der Waals surface area contributed by atoms with Crippen molar-refractivity contribution in [1.29, 1.82) is 0 Å². The first-order valence-corrected chi connectivity index (χ1v) is 6.27. The van der Waals surface area contributed by atoms with Crippen LogP contribution in [0.3, 0.4) is 0 Å². The van der Waals surface area contributed by atoms with Crippen molar-refractivity contribution in [1.82, 2.24) is 4.90 Å². The normalized spacial score (nSPS) is 53.1. The second kappa shape index (κ2) is 3.21. The van der Waals surface area contributed by atoms with Crippen LogP contribution in [0.2, 0.25) is 0 Å². The molecule has 14 heavy (non-hydrogen) atoms. The topological polar surface area (TPSA) is 29.3 Å². The fraction of sp³-hybridized carbons (Fsp3) is 1.00. The standard InChI is InChI=1S/C12H22N2/c1-8-3-2-4-10(5-8)14-7-9-6-11(14)12(9)13/h8-12H,2-7,13H2,1H3. The molecule has 2 N–H and O–H groups in total. The van der Waals surface area contributed by atoms with Gasteiger partial charge in [0.1, 0.15) is 0 Å². The molecule has 4 aliphatic rings. The van der Waals surface area contributed by atoms with Gasteiger partial charge in [-0.25, -0.2) is 0 Å². The third-order valence-corrected chi connectivity index (χ3v) is 4.78. The Balaban J connectivity index is 1.65. The highest BCUT2D eigenvalue weighted by molar-refractivity contribution is 5.09. The van der Waals surface area contributed by atoms with Crippen LogP contribution < -0.4 is 5.73 Å². The minimum Gasteiger partial charge on any atom is -0.326 e. The van der Waals surface area contributed by atoms with Crippen LogP contribution in [-0.2, 0) is 0 Å². The fourth-order valence-electron chi connectivity index (χ4n) is 3.82. The Morgan fingerprint density at radius 3 is 2.64 bits per heavy atom. The lowest BCUT2D eigenvalue weighted by molar-refractivity contribution is 0.119. The third-order valence-electron chi connectivity index (χ3n) is 4.78. The zero-order valence-electron chi connectivity index (χ0n) is 9.15. The molecule has 4 rings (SSSR count). The van der Waals surface area contributed by atoms with Gasteiger partial charge in [-0.1, -0.05) is 19.8 Å². The maximum absolute atomic E-state index is 6.12. The van der Waals surface area contributed by atoms with Gasteiger partial charge in [-0.3, -0.25) is 4.90 Å². The average molecular weight is 194 g/mol. The molecule has 0 aromatic rings. The number of nitrogens with two attached hydrogens (primary N) is 1. The van der Waals surface area contributed by atoms with Crippen molar-refractivity contribution >= 4 is 0 Å². The van der Waals surface area contributed by atoms with E-state index in [2.05, 4.69) is 11.8 Å². The third kappa shape index (κ3) is 1.24. The molecular weight excluding hydrogens is 172 g/mol. The van der Waals surface area contributed by atoms with Gasteiger partial charge in [0.25, 0.3) is 0 Å². The van der Waals surface area contributed by atoms with Gasteiger partial charge in [-0.05, 0) is 31.1 Å². The van der Waals surface area contributed by atoms with E-state index in [0.717, 1.165) is 23.9 Å². The summed E-state index contributed by atoms with van der Waals surface area (Å²) in [5.41, 5.74) is 6.12. The quantitative estimate of drug-likeness (QED) is 0.687. The van der Waals surface area contributed by atoms with Crippen LogP contribution in [0.1, 0.15) is 39.0 Å². The Morgan fingerprint density at radius 2 is 2.07 bits per heavy atom. The monoisotopic (exact) mass is 194 g/mol. The zero-order chi connectivity index (χ0) is 9.71. The highest BCUT2D eigenvalue weighted by Gasteiger charge is 2.51. The summed E-state index contributed by atoms with van der Waals surface area (Å²) < 4.78 is 0. The van der Waals surface area contributed by atoms with E-state index < -0.39 is 0 Å². The molecule has 0 aromatic carbocycles. The van der Waals surface area contributed by atoms with E-state index in [1.807, 2.05) is 0 Å². The van der Waals surface area contributed by atoms with Gasteiger partial charge in [-0.15, -0.1) is 0 Å². The molecule has 0 amide bonds. The second-order valence-corrected chi connectivity index (χ2v) is 5.76. The van der Waals surface area contributed by atoms with E-state index in [4.69, 9.17) is 5.73 Å². The first-order valence-electron chi connectivity index (χ1n) is 6.27. The summed E-state index contributed by atoms with van der Waals surface area (Å²) >= 11 is 0. The van der Waals surface area contributed by atoms with Crippen LogP contribution in [0, 0.1) is 11.8 Å². The van der Waals surface area contributed by atoms with Crippen molar-refractivity contribution in [3.8, 4) is 0 Å². The minimum atomic E-state index is 0.521. The molecule has 80 valence electrons. The molecule has 4 fully saturated rings. The van der Waals surface area contributed by atoms with E-state index >= 15 is 0 Å². The van der Waals surface area contributed by atoms with Crippen molar-refractivity contribution < 1.29 is 0 Å². The molecule has 2 saturated carbocycles. The molecular formula is C12H22N2. The van der Waals surface area contributed by atoms with Gasteiger partial charge in [-0.2, -0.15) is 0 Å². The lowest BCUT2D eigenvalue weighted by Crippen LogP contribution is -2.51. The molecule has 2 aliphatic carbocycles. The largest absolute Gasteiger partial charge is 0.326 e. The van der Waals surface area contributed by atoms with Crippen molar-refractivity contribution in [2.45, 2.75) is 57.2 Å². The Morgan fingerprint density at radius 1 is 1.21 bits per heavy atom. The van der Waals surface area contributed by atoms with Gasteiger partial charge in [0, 0.05) is 24.7 Å². The SMILES string of the molecule is CC1CCCC(N2CC3CC2C3N)C1. The summed E-state index contributed by atoms with van der Waals surface area (Å²) in [5.74, 6) is 1.79. The average Bonchev–Trinajstić information content (AvgIpc) is 2.74. The zero-order valence-corrected chi connectivity index (χ0v) is 9.15. The van der Waals surface area contributed by atoms with Crippen LogP contribution in [0.5, 0.6) is 0 Å². The van der Waals surface area contributed by atoms with E-state index in [9.17, 15) is 0 Å². The number of rotatable bonds is 1. The molecule has 0 radical (unpaired) electrons. The first-order chi connectivity index (χ1) is 6.75. The maximum Gasteiger partial charge on any atom is 0.0257 e. The van der Waals surface area contributed by atoms with Gasteiger partial charge < -0.3 is 5.73 Å². The summed E-state index contributed by atoms with van der Waals surface area (Å²) in [5, 5.41) is 0. The Hall–Kier alpha value is -0.0800. The number of nitrogens with zero attached hydrogens (tertiary/aromatic N) is 1. The van der Waals surface area contributed by atoms with Crippen molar-refractivity contribution in [3.63, 3.8) is 0 Å². The Kier molecular flexibility index (Phi) is 2.10. The molecule has 0 spiro atoms. The van der Waals surface area contributed by atoms with Crippen LogP contribution in [-0.4, -0.2) is 29.6 Å². The van der Waals surface area contributed by atoms with Gasteiger partial charge in [0.15, 0.2) is 0 Å². The van der Waals surface area contributed by atoms with Crippen LogP contribution in [0.25, 0.3) is 0 Å². The summed E-state index contributed by atoms with van der Waals surface area (Å²) in [6.07, 6.45) is 7.14. The molecule has 2 bridgehead atoms. The lowest BCUT2D eigenvalue weighted by Gasteiger charge is -2.39. The molecule has 2 aliphatic heterocycles. The second-order valence-electron chi connectivity index (χ2n) is 5.76. The molecule has 2 nitrogen and oxygen atoms in total. The highest BCUT2D eigenvalue weighted by atomic mass is 15.3. The first kappa shape index (κ1) is 9.17. The van der Waals surface area contributed by atoms with Gasteiger partial charge in [0.05, 0.1) is 0 Å². The summed E-state index contributed by atoms with van der Waals surface area (Å²) in [6, 6.07) is 2.16. The molecule has 5 atom stereocenters. The molecule has 5 unspecified atom stereocenters. The summed E-state index contributed by atoms with van der Waals surface area (Å²) in [4.78, 5) is 2.74. The minimum absolute atomic E-state index is 0.521. The van der Waals surface area contributed by atoms with Gasteiger partial charge in [0.2, 0.25) is 0 Å². The Bertz CT molecular complexity index is 228. The number of fused-ring (bicyclic) bond motifs is 1. The van der Waals surface area contributed by atoms with E-state index in [1.54, 1.807) is 0 Å². The molecule has 0 aromatic heterocycles. The predicted octanol–water partition coefficient (Wildman–Crippen LogP) is 1.60. The number of hydrogen-bond donors (Lipinski definition) is 1. The lowest BCUT2D eigenvalue weighted by atomic mass is 9.80. The smallest absolute Gasteiger partial charge is 0.0257 e. The van der Waals surface area contributed by atoms with E-state index in [-0.39, 0.29) is 0 Å². The Labute approximate surface area is 86.8 Å². The van der Waals surface area contributed by atoms with Crippen LogP contribution in [0.15, 0.2) is 0 Å². The molecule has 2 heterocycles. The van der Waals surface area contributed by atoms with Crippen molar-refractivity contribution in [2.75, 3.05) is 6.54 Å².